The van der Waals surface area contributed by atoms with Crippen molar-refractivity contribution >= 4 is 40.7 Å². The summed E-state index contributed by atoms with van der Waals surface area (Å²) in [6.45, 7) is 8.04. The van der Waals surface area contributed by atoms with E-state index in [2.05, 4.69) is 17.1 Å². The SMILES string of the molecule is C[C@H](CO)N1C[C@H](C)[C@@H](CN(C)Cc2ccc(Cl)c(Cl)c2)OCCCC[C@H](C)Oc2ccc(NC(=O)C3CCCCC3)cc2C1=O. The fourth-order valence-electron chi connectivity index (χ4n) is 6.39. The highest BCUT2D eigenvalue weighted by Crippen LogP contribution is 2.30. The molecule has 46 heavy (non-hydrogen) atoms. The Bertz CT molecular complexity index is 1300. The lowest BCUT2D eigenvalue weighted by molar-refractivity contribution is -0.120. The molecule has 254 valence electrons. The number of nitrogens with zero attached hydrogens (tertiary/aromatic N) is 2. The monoisotopic (exact) mass is 675 g/mol. The van der Waals surface area contributed by atoms with Gasteiger partial charge in [-0.25, -0.2) is 0 Å². The minimum Gasteiger partial charge on any atom is -0.490 e. The number of aliphatic hydroxyl groups is 1. The molecule has 2 amide bonds. The minimum absolute atomic E-state index is 0.00136. The number of likely N-dealkylation sites (N-methyl/N-ethyl adjacent to an activating group) is 1. The van der Waals surface area contributed by atoms with Gasteiger partial charge < -0.3 is 24.8 Å². The summed E-state index contributed by atoms with van der Waals surface area (Å²) in [5.41, 5.74) is 2.01. The van der Waals surface area contributed by atoms with Gasteiger partial charge in [-0.15, -0.1) is 0 Å². The molecule has 2 aromatic rings. The Morgan fingerprint density at radius 2 is 1.78 bits per heavy atom. The Morgan fingerprint density at radius 3 is 2.50 bits per heavy atom. The van der Waals surface area contributed by atoms with Crippen molar-refractivity contribution in [3.8, 4) is 5.75 Å². The highest BCUT2D eigenvalue weighted by molar-refractivity contribution is 6.42. The third kappa shape index (κ3) is 10.3. The van der Waals surface area contributed by atoms with E-state index in [0.717, 1.165) is 50.5 Å². The fraction of sp³-hybridized carbons (Fsp3) is 0.611. The molecule has 2 aliphatic rings. The Kier molecular flexibility index (Phi) is 14.0. The van der Waals surface area contributed by atoms with Crippen LogP contribution in [0.15, 0.2) is 36.4 Å². The predicted molar refractivity (Wildman–Crippen MR) is 185 cm³/mol. The molecule has 2 aromatic carbocycles. The van der Waals surface area contributed by atoms with Crippen molar-refractivity contribution < 1.29 is 24.2 Å². The molecular weight excluding hydrogens is 625 g/mol. The lowest BCUT2D eigenvalue weighted by atomic mass is 9.88. The molecule has 4 atom stereocenters. The predicted octanol–water partition coefficient (Wildman–Crippen LogP) is 7.44. The van der Waals surface area contributed by atoms with Gasteiger partial charge in [0, 0.05) is 43.8 Å². The number of fused-ring (bicyclic) bond motifs is 1. The largest absolute Gasteiger partial charge is 0.490 e. The van der Waals surface area contributed by atoms with E-state index in [1.54, 1.807) is 17.0 Å². The Hall–Kier alpha value is -2.36. The summed E-state index contributed by atoms with van der Waals surface area (Å²) < 4.78 is 12.8. The zero-order valence-electron chi connectivity index (χ0n) is 27.8. The van der Waals surface area contributed by atoms with E-state index in [-0.39, 0.29) is 42.5 Å². The number of nitrogens with one attached hydrogen (secondary N) is 1. The Balaban J connectivity index is 1.58. The van der Waals surface area contributed by atoms with Crippen molar-refractivity contribution in [2.45, 2.75) is 96.9 Å². The number of amides is 2. The molecule has 1 aliphatic heterocycles. The summed E-state index contributed by atoms with van der Waals surface area (Å²) in [4.78, 5) is 31.4. The average molecular weight is 677 g/mol. The number of aliphatic hydroxyl groups excluding tert-OH is 1. The molecule has 0 spiro atoms. The zero-order valence-corrected chi connectivity index (χ0v) is 29.3. The average Bonchev–Trinajstić information content (AvgIpc) is 3.04. The van der Waals surface area contributed by atoms with Crippen LogP contribution in [0.4, 0.5) is 5.69 Å². The van der Waals surface area contributed by atoms with Crippen molar-refractivity contribution in [1.29, 1.82) is 0 Å². The summed E-state index contributed by atoms with van der Waals surface area (Å²) in [5, 5.41) is 14.4. The Morgan fingerprint density at radius 1 is 1.04 bits per heavy atom. The summed E-state index contributed by atoms with van der Waals surface area (Å²) in [6, 6.07) is 10.6. The molecule has 0 unspecified atom stereocenters. The van der Waals surface area contributed by atoms with Gasteiger partial charge in [-0.1, -0.05) is 55.5 Å². The van der Waals surface area contributed by atoms with Crippen LogP contribution >= 0.6 is 23.2 Å². The van der Waals surface area contributed by atoms with Gasteiger partial charge in [0.15, 0.2) is 0 Å². The first-order valence-corrected chi connectivity index (χ1v) is 17.6. The molecule has 1 heterocycles. The van der Waals surface area contributed by atoms with Crippen LogP contribution in [-0.4, -0.2) is 78.3 Å². The van der Waals surface area contributed by atoms with Gasteiger partial charge in [-0.05, 0) is 88.9 Å². The maximum atomic E-state index is 14.4. The van der Waals surface area contributed by atoms with E-state index >= 15 is 0 Å². The number of ether oxygens (including phenoxy) is 2. The van der Waals surface area contributed by atoms with Crippen molar-refractivity contribution in [3.63, 3.8) is 0 Å². The summed E-state index contributed by atoms with van der Waals surface area (Å²) in [6.07, 6.45) is 7.43. The van der Waals surface area contributed by atoms with Crippen molar-refractivity contribution in [3.05, 3.63) is 57.6 Å². The molecule has 2 N–H and O–H groups in total. The van der Waals surface area contributed by atoms with Crippen LogP contribution < -0.4 is 10.1 Å². The Labute approximate surface area is 284 Å². The van der Waals surface area contributed by atoms with Crippen molar-refractivity contribution in [2.24, 2.45) is 11.8 Å². The van der Waals surface area contributed by atoms with E-state index in [9.17, 15) is 14.7 Å². The number of carbonyl (C=O) groups is 2. The van der Waals surface area contributed by atoms with Crippen LogP contribution in [0.25, 0.3) is 0 Å². The second kappa shape index (κ2) is 17.7. The second-order valence-electron chi connectivity index (χ2n) is 13.3. The first-order valence-electron chi connectivity index (χ1n) is 16.8. The number of hydrogen-bond donors (Lipinski definition) is 2. The van der Waals surface area contributed by atoms with Gasteiger partial charge in [-0.3, -0.25) is 14.5 Å². The summed E-state index contributed by atoms with van der Waals surface area (Å²) in [7, 11) is 2.04. The van der Waals surface area contributed by atoms with E-state index in [1.165, 1.54) is 6.42 Å². The second-order valence-corrected chi connectivity index (χ2v) is 14.1. The lowest BCUT2D eigenvalue weighted by Crippen LogP contribution is -2.47. The normalized spacial score (nSPS) is 22.9. The third-order valence-electron chi connectivity index (χ3n) is 9.22. The highest BCUT2D eigenvalue weighted by Gasteiger charge is 2.31. The van der Waals surface area contributed by atoms with Crippen LogP contribution in [0.5, 0.6) is 5.75 Å². The summed E-state index contributed by atoms with van der Waals surface area (Å²) in [5.74, 6) is 0.190. The molecule has 0 bridgehead atoms. The molecule has 0 radical (unpaired) electrons. The molecule has 0 aromatic heterocycles. The number of rotatable bonds is 8. The smallest absolute Gasteiger partial charge is 0.258 e. The van der Waals surface area contributed by atoms with Gasteiger partial charge in [0.05, 0.1) is 40.5 Å². The van der Waals surface area contributed by atoms with Gasteiger partial charge in [0.25, 0.3) is 5.91 Å². The number of benzene rings is 2. The van der Waals surface area contributed by atoms with Crippen LogP contribution in [0.3, 0.4) is 0 Å². The van der Waals surface area contributed by atoms with Crippen LogP contribution in [0.2, 0.25) is 10.0 Å². The van der Waals surface area contributed by atoms with Crippen molar-refractivity contribution in [1.82, 2.24) is 9.80 Å². The van der Waals surface area contributed by atoms with Gasteiger partial charge in [-0.2, -0.15) is 0 Å². The number of hydrogen-bond acceptors (Lipinski definition) is 6. The van der Waals surface area contributed by atoms with Crippen LogP contribution in [0, 0.1) is 11.8 Å². The highest BCUT2D eigenvalue weighted by atomic mass is 35.5. The van der Waals surface area contributed by atoms with Crippen molar-refractivity contribution in [2.75, 3.05) is 38.7 Å². The number of anilines is 1. The van der Waals surface area contributed by atoms with Gasteiger partial charge in [0.1, 0.15) is 5.75 Å². The molecular formula is C36H51Cl2N3O5. The van der Waals surface area contributed by atoms with Gasteiger partial charge in [0.2, 0.25) is 5.91 Å². The van der Waals surface area contributed by atoms with Gasteiger partial charge >= 0.3 is 0 Å². The molecule has 4 rings (SSSR count). The third-order valence-corrected chi connectivity index (χ3v) is 9.96. The quantitative estimate of drug-likeness (QED) is 0.302. The molecule has 8 nitrogen and oxygen atoms in total. The molecule has 1 fully saturated rings. The molecule has 1 saturated carbocycles. The standard InChI is InChI=1S/C36H51Cl2N3O5/c1-24-20-41(25(2)23-42)36(44)30-19-29(39-35(43)28-11-6-5-7-12-28)14-16-33(30)46-26(3)10-8-9-17-45-34(24)22-40(4)21-27-13-15-31(37)32(38)18-27/h13-16,18-19,24-26,28,34,42H,5-12,17,20-23H2,1-4H3,(H,39,43)/t24-,25+,26-,34+/m0/s1. The minimum atomic E-state index is -0.441. The van der Waals surface area contributed by atoms with E-state index in [1.807, 2.05) is 45.2 Å². The topological polar surface area (TPSA) is 91.3 Å². The fourth-order valence-corrected chi connectivity index (χ4v) is 6.71. The van der Waals surface area contributed by atoms with E-state index < -0.39 is 6.04 Å². The van der Waals surface area contributed by atoms with E-state index in [4.69, 9.17) is 32.7 Å². The summed E-state index contributed by atoms with van der Waals surface area (Å²) >= 11 is 12.4. The molecule has 10 heteroatoms. The number of halogens is 2. The maximum Gasteiger partial charge on any atom is 0.258 e. The zero-order chi connectivity index (χ0) is 33.2. The molecule has 1 aliphatic carbocycles. The number of carbonyl (C=O) groups excluding carboxylic acids is 2. The molecule has 0 saturated heterocycles. The first-order chi connectivity index (χ1) is 22.0. The maximum absolute atomic E-state index is 14.4. The van der Waals surface area contributed by atoms with Crippen LogP contribution in [-0.2, 0) is 16.1 Å². The first kappa shape index (κ1) is 36.5. The van der Waals surface area contributed by atoms with Crippen LogP contribution in [0.1, 0.15) is 88.1 Å². The lowest BCUT2D eigenvalue weighted by Gasteiger charge is -2.36. The van der Waals surface area contributed by atoms with E-state index in [0.29, 0.717) is 53.3 Å².